The molecule has 1 aliphatic rings. The molecule has 0 radical (unpaired) electrons. The van der Waals surface area contributed by atoms with E-state index < -0.39 is 11.4 Å². The number of benzene rings is 2. The summed E-state index contributed by atoms with van der Waals surface area (Å²) in [5, 5.41) is 10.7. The molecule has 0 aliphatic carbocycles. The normalized spacial score (nSPS) is 15.7. The van der Waals surface area contributed by atoms with Crippen LogP contribution in [0.15, 0.2) is 42.5 Å². The quantitative estimate of drug-likeness (QED) is 0.640. The molecule has 0 saturated heterocycles. The summed E-state index contributed by atoms with van der Waals surface area (Å²) in [4.78, 5) is 24.7. The highest BCUT2D eigenvalue weighted by Gasteiger charge is 2.33. The Kier molecular flexibility index (Phi) is 4.39. The lowest BCUT2D eigenvalue weighted by Crippen LogP contribution is -2.36. The lowest BCUT2D eigenvalue weighted by molar-refractivity contribution is 0.0619. The van der Waals surface area contributed by atoms with E-state index in [9.17, 15) is 14.7 Å². The van der Waals surface area contributed by atoms with Gasteiger partial charge in [-0.25, -0.2) is 0 Å². The van der Waals surface area contributed by atoms with Crippen molar-refractivity contribution in [2.24, 2.45) is 0 Å². The van der Waals surface area contributed by atoms with Crippen molar-refractivity contribution in [1.29, 1.82) is 0 Å². The number of ketones is 2. The number of carbonyl (C=O) groups excluding carboxylic acids is 2. The maximum atomic E-state index is 12.4. The van der Waals surface area contributed by atoms with Gasteiger partial charge in [-0.05, 0) is 43.7 Å². The predicted molar refractivity (Wildman–Crippen MR) is 96.6 cm³/mol. The molecule has 0 bridgehead atoms. The van der Waals surface area contributed by atoms with E-state index in [0.717, 1.165) is 0 Å². The Balaban J connectivity index is 1.93. The topological polar surface area (TPSA) is 63.6 Å². The third-order valence-corrected chi connectivity index (χ3v) is 4.30. The van der Waals surface area contributed by atoms with Gasteiger partial charge < -0.3 is 9.84 Å². The largest absolute Gasteiger partial charge is 0.507 e. The van der Waals surface area contributed by atoms with Crippen LogP contribution < -0.4 is 4.74 Å². The number of carbonyl (C=O) groups is 2. The standard InChI is InChI=1S/C20H17ClO4/c1-20(2)11-18(24)14-9-13(17(23)10-19(14)25-20)16(22)8-7-12-5-3-4-6-15(12)21/h3-10,23H,11H2,1-2H3/b8-7+. The molecule has 0 spiro atoms. The number of hydrogen-bond donors (Lipinski definition) is 1. The Morgan fingerprint density at radius 3 is 2.72 bits per heavy atom. The van der Waals surface area contributed by atoms with E-state index >= 15 is 0 Å². The summed E-state index contributed by atoms with van der Waals surface area (Å²) in [6.45, 7) is 3.60. The lowest BCUT2D eigenvalue weighted by atomic mass is 9.91. The van der Waals surface area contributed by atoms with Gasteiger partial charge in [-0.1, -0.05) is 29.8 Å². The number of rotatable bonds is 3. The number of Topliss-reactive ketones (excluding diaryl/α,β-unsaturated/α-hetero) is 1. The number of aromatic hydroxyl groups is 1. The van der Waals surface area contributed by atoms with Crippen molar-refractivity contribution in [2.75, 3.05) is 0 Å². The van der Waals surface area contributed by atoms with E-state index in [2.05, 4.69) is 0 Å². The van der Waals surface area contributed by atoms with Crippen LogP contribution >= 0.6 is 11.6 Å². The van der Waals surface area contributed by atoms with Crippen LogP contribution in [0, 0.1) is 0 Å². The fourth-order valence-corrected chi connectivity index (χ4v) is 2.95. The van der Waals surface area contributed by atoms with Gasteiger partial charge in [-0.15, -0.1) is 0 Å². The first kappa shape index (κ1) is 17.2. The average Bonchev–Trinajstić information content (AvgIpc) is 2.52. The molecule has 0 amide bonds. The van der Waals surface area contributed by atoms with Crippen LogP contribution in [0.25, 0.3) is 6.08 Å². The molecule has 25 heavy (non-hydrogen) atoms. The number of ether oxygens (including phenoxy) is 1. The molecular formula is C20H17ClO4. The molecule has 5 heteroatoms. The first-order valence-electron chi connectivity index (χ1n) is 7.83. The Labute approximate surface area is 150 Å². The highest BCUT2D eigenvalue weighted by atomic mass is 35.5. The number of halogens is 1. The van der Waals surface area contributed by atoms with E-state index in [0.29, 0.717) is 21.9 Å². The zero-order chi connectivity index (χ0) is 18.2. The summed E-state index contributed by atoms with van der Waals surface area (Å²) >= 11 is 6.05. The molecule has 0 atom stereocenters. The summed E-state index contributed by atoms with van der Waals surface area (Å²) in [5.74, 6) is -0.461. The van der Waals surface area contributed by atoms with Crippen LogP contribution in [-0.2, 0) is 0 Å². The van der Waals surface area contributed by atoms with Gasteiger partial charge in [-0.2, -0.15) is 0 Å². The summed E-state index contributed by atoms with van der Waals surface area (Å²) in [6.07, 6.45) is 3.11. The van der Waals surface area contributed by atoms with Gasteiger partial charge in [0.15, 0.2) is 11.6 Å². The third-order valence-electron chi connectivity index (χ3n) is 3.96. The smallest absolute Gasteiger partial charge is 0.189 e. The second-order valence-electron chi connectivity index (χ2n) is 6.55. The molecule has 0 unspecified atom stereocenters. The number of phenols is 1. The fraction of sp³-hybridized carbons (Fsp3) is 0.200. The zero-order valence-electron chi connectivity index (χ0n) is 13.9. The molecule has 0 saturated carbocycles. The molecule has 128 valence electrons. The summed E-state index contributed by atoms with van der Waals surface area (Å²) in [5.41, 5.74) is 0.424. The van der Waals surface area contributed by atoms with Crippen molar-refractivity contribution in [3.05, 3.63) is 64.2 Å². The van der Waals surface area contributed by atoms with Crippen LogP contribution in [0.4, 0.5) is 0 Å². The fourth-order valence-electron chi connectivity index (χ4n) is 2.75. The maximum Gasteiger partial charge on any atom is 0.189 e. The first-order chi connectivity index (χ1) is 11.8. The predicted octanol–water partition coefficient (Wildman–Crippen LogP) is 4.69. The first-order valence-corrected chi connectivity index (χ1v) is 8.21. The Morgan fingerprint density at radius 1 is 1.28 bits per heavy atom. The van der Waals surface area contributed by atoms with Crippen molar-refractivity contribution < 1.29 is 19.4 Å². The number of fused-ring (bicyclic) bond motifs is 1. The van der Waals surface area contributed by atoms with Gasteiger partial charge in [0, 0.05) is 11.1 Å². The van der Waals surface area contributed by atoms with E-state index in [1.165, 1.54) is 18.2 Å². The monoisotopic (exact) mass is 356 g/mol. The highest BCUT2D eigenvalue weighted by Crippen LogP contribution is 2.37. The van der Waals surface area contributed by atoms with Crippen molar-refractivity contribution in [3.8, 4) is 11.5 Å². The summed E-state index contributed by atoms with van der Waals surface area (Å²) in [7, 11) is 0. The van der Waals surface area contributed by atoms with Crippen molar-refractivity contribution in [1.82, 2.24) is 0 Å². The molecule has 1 heterocycles. The van der Waals surface area contributed by atoms with E-state index in [-0.39, 0.29) is 23.5 Å². The molecule has 1 N–H and O–H groups in total. The van der Waals surface area contributed by atoms with E-state index in [1.807, 2.05) is 6.07 Å². The molecule has 3 rings (SSSR count). The number of hydrogen-bond acceptors (Lipinski definition) is 4. The Bertz CT molecular complexity index is 897. The second kappa shape index (κ2) is 6.37. The van der Waals surface area contributed by atoms with Crippen molar-refractivity contribution in [2.45, 2.75) is 25.9 Å². The maximum absolute atomic E-state index is 12.4. The number of allylic oxidation sites excluding steroid dienone is 1. The molecule has 0 fully saturated rings. The van der Waals surface area contributed by atoms with Crippen LogP contribution in [0.2, 0.25) is 5.02 Å². The summed E-state index contributed by atoms with van der Waals surface area (Å²) in [6, 6.07) is 9.82. The molecule has 2 aromatic rings. The third kappa shape index (κ3) is 3.59. The molecule has 2 aromatic carbocycles. The summed E-state index contributed by atoms with van der Waals surface area (Å²) < 4.78 is 5.72. The van der Waals surface area contributed by atoms with Crippen LogP contribution in [0.5, 0.6) is 11.5 Å². The number of phenolic OH excluding ortho intramolecular Hbond substituents is 1. The van der Waals surface area contributed by atoms with Crippen LogP contribution in [0.1, 0.15) is 46.5 Å². The minimum atomic E-state index is -0.633. The van der Waals surface area contributed by atoms with Crippen molar-refractivity contribution >= 4 is 29.2 Å². The Morgan fingerprint density at radius 2 is 2.00 bits per heavy atom. The Hall–Kier alpha value is -2.59. The SMILES string of the molecule is CC1(C)CC(=O)c2cc(C(=O)/C=C/c3ccccc3Cl)c(O)cc2O1. The van der Waals surface area contributed by atoms with Gasteiger partial charge in [0.25, 0.3) is 0 Å². The van der Waals surface area contributed by atoms with E-state index in [4.69, 9.17) is 16.3 Å². The second-order valence-corrected chi connectivity index (χ2v) is 6.95. The minimum absolute atomic E-state index is 0.0544. The van der Waals surface area contributed by atoms with Gasteiger partial charge >= 0.3 is 0 Å². The van der Waals surface area contributed by atoms with Gasteiger partial charge in [0.05, 0.1) is 17.5 Å². The molecule has 0 aromatic heterocycles. The molecule has 1 aliphatic heterocycles. The minimum Gasteiger partial charge on any atom is -0.507 e. The van der Waals surface area contributed by atoms with Gasteiger partial charge in [-0.3, -0.25) is 9.59 Å². The molecular weight excluding hydrogens is 340 g/mol. The lowest BCUT2D eigenvalue weighted by Gasteiger charge is -2.31. The zero-order valence-corrected chi connectivity index (χ0v) is 14.6. The average molecular weight is 357 g/mol. The van der Waals surface area contributed by atoms with Crippen molar-refractivity contribution in [3.63, 3.8) is 0 Å². The van der Waals surface area contributed by atoms with Gasteiger partial charge in [0.1, 0.15) is 17.1 Å². The van der Waals surface area contributed by atoms with Crippen LogP contribution in [-0.4, -0.2) is 22.3 Å². The highest BCUT2D eigenvalue weighted by molar-refractivity contribution is 6.32. The van der Waals surface area contributed by atoms with Gasteiger partial charge in [0.2, 0.25) is 0 Å². The molecule has 4 nitrogen and oxygen atoms in total. The van der Waals surface area contributed by atoms with Crippen LogP contribution in [0.3, 0.4) is 0 Å². The van der Waals surface area contributed by atoms with E-state index in [1.54, 1.807) is 38.1 Å².